The summed E-state index contributed by atoms with van der Waals surface area (Å²) in [4.78, 5) is 1.28. The highest BCUT2D eigenvalue weighted by molar-refractivity contribution is 7.05. The van der Waals surface area contributed by atoms with Gasteiger partial charge >= 0.3 is 0 Å². The standard InChI is InChI=1S/C17H16N2S/c1-2-6-16-17(18-19-20-16)15-11-9-14(10-12-15)13-7-4-3-5-8-13/h3-5,7-12H,2,6H2,1H3. The van der Waals surface area contributed by atoms with Crippen LogP contribution in [0, 0.1) is 0 Å². The van der Waals surface area contributed by atoms with Gasteiger partial charge < -0.3 is 0 Å². The molecule has 0 aliphatic carbocycles. The van der Waals surface area contributed by atoms with Crippen LogP contribution in [0.3, 0.4) is 0 Å². The molecule has 3 rings (SSSR count). The maximum absolute atomic E-state index is 4.28. The van der Waals surface area contributed by atoms with Crippen molar-refractivity contribution >= 4 is 11.5 Å². The molecule has 0 fully saturated rings. The number of rotatable bonds is 4. The van der Waals surface area contributed by atoms with Crippen LogP contribution in [0.2, 0.25) is 0 Å². The van der Waals surface area contributed by atoms with Crippen LogP contribution in [0.25, 0.3) is 22.4 Å². The Hall–Kier alpha value is -2.00. The van der Waals surface area contributed by atoms with Crippen LogP contribution in [0.1, 0.15) is 18.2 Å². The van der Waals surface area contributed by atoms with Crippen molar-refractivity contribution in [1.29, 1.82) is 0 Å². The van der Waals surface area contributed by atoms with Gasteiger partial charge in [-0.25, -0.2) is 0 Å². The molecule has 3 heteroatoms. The Labute approximate surface area is 123 Å². The van der Waals surface area contributed by atoms with Crippen LogP contribution < -0.4 is 0 Å². The second-order valence-corrected chi connectivity index (χ2v) is 5.58. The summed E-state index contributed by atoms with van der Waals surface area (Å²) in [7, 11) is 0. The Morgan fingerprint density at radius 3 is 2.20 bits per heavy atom. The molecule has 0 radical (unpaired) electrons. The first kappa shape index (κ1) is 13.0. The van der Waals surface area contributed by atoms with Gasteiger partial charge in [0.2, 0.25) is 0 Å². The van der Waals surface area contributed by atoms with Gasteiger partial charge in [-0.15, -0.1) is 5.10 Å². The number of hydrogen-bond donors (Lipinski definition) is 0. The zero-order valence-corrected chi connectivity index (χ0v) is 12.2. The first-order valence-corrected chi connectivity index (χ1v) is 7.63. The number of benzene rings is 2. The highest BCUT2D eigenvalue weighted by Gasteiger charge is 2.09. The van der Waals surface area contributed by atoms with Gasteiger partial charge in [-0.3, -0.25) is 0 Å². The molecule has 1 heterocycles. The molecule has 3 aromatic rings. The zero-order chi connectivity index (χ0) is 13.8. The van der Waals surface area contributed by atoms with Crippen molar-refractivity contribution in [3.8, 4) is 22.4 Å². The lowest BCUT2D eigenvalue weighted by Gasteiger charge is -2.04. The molecule has 0 N–H and O–H groups in total. The van der Waals surface area contributed by atoms with Gasteiger partial charge in [-0.05, 0) is 29.1 Å². The van der Waals surface area contributed by atoms with Crippen molar-refractivity contribution in [2.75, 3.05) is 0 Å². The van der Waals surface area contributed by atoms with E-state index in [1.165, 1.54) is 27.5 Å². The van der Waals surface area contributed by atoms with E-state index in [1.54, 1.807) is 0 Å². The van der Waals surface area contributed by atoms with Crippen molar-refractivity contribution in [2.45, 2.75) is 19.8 Å². The molecule has 20 heavy (non-hydrogen) atoms. The second-order valence-electron chi connectivity index (χ2n) is 4.74. The summed E-state index contributed by atoms with van der Waals surface area (Å²) in [6.07, 6.45) is 2.17. The van der Waals surface area contributed by atoms with Gasteiger partial charge in [0.25, 0.3) is 0 Å². The molecule has 0 saturated carbocycles. The van der Waals surface area contributed by atoms with E-state index in [4.69, 9.17) is 0 Å². The summed E-state index contributed by atoms with van der Waals surface area (Å²) in [6, 6.07) is 19.0. The Morgan fingerprint density at radius 1 is 0.850 bits per heavy atom. The summed E-state index contributed by atoms with van der Waals surface area (Å²) >= 11 is 1.51. The fourth-order valence-electron chi connectivity index (χ4n) is 2.27. The molecule has 0 atom stereocenters. The van der Waals surface area contributed by atoms with Gasteiger partial charge in [0, 0.05) is 5.56 Å². The van der Waals surface area contributed by atoms with E-state index in [2.05, 4.69) is 65.0 Å². The topological polar surface area (TPSA) is 25.8 Å². The molecule has 100 valence electrons. The number of nitrogens with zero attached hydrogens (tertiary/aromatic N) is 2. The monoisotopic (exact) mass is 280 g/mol. The van der Waals surface area contributed by atoms with E-state index in [-0.39, 0.29) is 0 Å². The highest BCUT2D eigenvalue weighted by atomic mass is 32.1. The van der Waals surface area contributed by atoms with E-state index < -0.39 is 0 Å². The van der Waals surface area contributed by atoms with E-state index in [1.807, 2.05) is 6.07 Å². The lowest BCUT2D eigenvalue weighted by molar-refractivity contribution is 0.937. The molecule has 2 aromatic carbocycles. The molecule has 0 bridgehead atoms. The Kier molecular flexibility index (Phi) is 3.88. The average molecular weight is 280 g/mol. The summed E-state index contributed by atoms with van der Waals surface area (Å²) < 4.78 is 4.09. The summed E-state index contributed by atoms with van der Waals surface area (Å²) in [5, 5.41) is 4.28. The molecule has 0 amide bonds. The highest BCUT2D eigenvalue weighted by Crippen LogP contribution is 2.27. The van der Waals surface area contributed by atoms with Crippen LogP contribution in [0.4, 0.5) is 0 Å². The fourth-order valence-corrected chi connectivity index (χ4v) is 3.03. The first-order chi connectivity index (χ1) is 9.88. The minimum atomic E-state index is 1.04. The number of aryl methyl sites for hydroxylation is 1. The third-order valence-corrected chi connectivity index (χ3v) is 4.08. The molecule has 0 aliphatic heterocycles. The van der Waals surface area contributed by atoms with Gasteiger partial charge in [-0.1, -0.05) is 72.4 Å². The van der Waals surface area contributed by atoms with Crippen LogP contribution in [0.5, 0.6) is 0 Å². The van der Waals surface area contributed by atoms with Crippen LogP contribution in [-0.4, -0.2) is 9.59 Å². The quantitative estimate of drug-likeness (QED) is 0.684. The predicted octanol–water partition coefficient (Wildman–Crippen LogP) is 4.82. The third kappa shape index (κ3) is 2.63. The third-order valence-electron chi connectivity index (χ3n) is 3.30. The largest absolute Gasteiger partial charge is 0.138 e. The molecular weight excluding hydrogens is 264 g/mol. The van der Waals surface area contributed by atoms with Crippen molar-refractivity contribution in [3.05, 3.63) is 59.5 Å². The Bertz CT molecular complexity index is 672. The molecule has 0 saturated heterocycles. The van der Waals surface area contributed by atoms with Gasteiger partial charge in [0.15, 0.2) is 0 Å². The molecule has 0 unspecified atom stereocenters. The van der Waals surface area contributed by atoms with Crippen molar-refractivity contribution in [3.63, 3.8) is 0 Å². The molecule has 0 aliphatic rings. The number of aromatic nitrogens is 2. The molecule has 0 spiro atoms. The van der Waals surface area contributed by atoms with E-state index in [0.717, 1.165) is 24.1 Å². The van der Waals surface area contributed by atoms with Gasteiger partial charge in [-0.2, -0.15) is 0 Å². The predicted molar refractivity (Wildman–Crippen MR) is 84.8 cm³/mol. The first-order valence-electron chi connectivity index (χ1n) is 6.85. The van der Waals surface area contributed by atoms with Crippen molar-refractivity contribution in [1.82, 2.24) is 9.59 Å². The lowest BCUT2D eigenvalue weighted by Crippen LogP contribution is -1.86. The minimum absolute atomic E-state index is 1.04. The van der Waals surface area contributed by atoms with E-state index in [0.29, 0.717) is 0 Å². The van der Waals surface area contributed by atoms with Crippen molar-refractivity contribution < 1.29 is 0 Å². The SMILES string of the molecule is CCCc1snnc1-c1ccc(-c2ccccc2)cc1. The minimum Gasteiger partial charge on any atom is -0.138 e. The Balaban J connectivity index is 1.91. The summed E-state index contributed by atoms with van der Waals surface area (Å²) in [5.74, 6) is 0. The summed E-state index contributed by atoms with van der Waals surface area (Å²) in [6.45, 7) is 2.18. The van der Waals surface area contributed by atoms with Gasteiger partial charge in [0.05, 0.1) is 4.88 Å². The van der Waals surface area contributed by atoms with Crippen LogP contribution in [0.15, 0.2) is 54.6 Å². The fraction of sp³-hybridized carbons (Fsp3) is 0.176. The lowest BCUT2D eigenvalue weighted by atomic mass is 10.0. The summed E-state index contributed by atoms with van der Waals surface area (Å²) in [5.41, 5.74) is 4.66. The number of hydrogen-bond acceptors (Lipinski definition) is 3. The normalized spacial score (nSPS) is 10.7. The van der Waals surface area contributed by atoms with Gasteiger partial charge in [0.1, 0.15) is 5.69 Å². The van der Waals surface area contributed by atoms with Crippen LogP contribution >= 0.6 is 11.5 Å². The van der Waals surface area contributed by atoms with E-state index >= 15 is 0 Å². The average Bonchev–Trinajstić information content (AvgIpc) is 2.97. The maximum Gasteiger partial charge on any atom is 0.109 e. The maximum atomic E-state index is 4.28. The van der Waals surface area contributed by atoms with Crippen molar-refractivity contribution in [2.24, 2.45) is 0 Å². The molecule has 1 aromatic heterocycles. The Morgan fingerprint density at radius 2 is 1.50 bits per heavy atom. The molecule has 2 nitrogen and oxygen atoms in total. The van der Waals surface area contributed by atoms with E-state index in [9.17, 15) is 0 Å². The second kappa shape index (κ2) is 5.97. The smallest absolute Gasteiger partial charge is 0.109 e. The van der Waals surface area contributed by atoms with Crippen LogP contribution in [-0.2, 0) is 6.42 Å². The molecular formula is C17H16N2S. The zero-order valence-electron chi connectivity index (χ0n) is 11.4.